The van der Waals surface area contributed by atoms with Crippen molar-refractivity contribution >= 4 is 31.1 Å². The molecule has 130 valence electrons. The number of rotatable bonds is 4. The van der Waals surface area contributed by atoms with Gasteiger partial charge in [-0.25, -0.2) is 13.4 Å². The molecule has 0 aliphatic rings. The van der Waals surface area contributed by atoms with Crippen LogP contribution in [0.2, 0.25) is 0 Å². The summed E-state index contributed by atoms with van der Waals surface area (Å²) in [7, 11) is 1.65. The summed E-state index contributed by atoms with van der Waals surface area (Å²) in [5, 5.41) is 0.606. The quantitative estimate of drug-likeness (QED) is 0.552. The first kappa shape index (κ1) is 17.9. The van der Waals surface area contributed by atoms with Gasteiger partial charge in [-0.05, 0) is 56.7 Å². The lowest BCUT2D eigenvalue weighted by Gasteiger charge is -2.09. The van der Waals surface area contributed by atoms with Crippen LogP contribution >= 0.6 is 22.0 Å². The number of hydrogen-bond acceptors (Lipinski definition) is 5. The maximum Gasteiger partial charge on any atom is 0.272 e. The minimum absolute atomic E-state index is 0.0831. The van der Waals surface area contributed by atoms with Crippen molar-refractivity contribution in [3.05, 3.63) is 59.3 Å². The highest BCUT2D eigenvalue weighted by atomic mass is 35.7. The third kappa shape index (κ3) is 4.03. The van der Waals surface area contributed by atoms with Gasteiger partial charge in [-0.1, -0.05) is 17.7 Å². The molecular weight excluding hydrogens is 378 g/mol. The van der Waals surface area contributed by atoms with E-state index in [1.165, 1.54) is 5.56 Å². The number of benzene rings is 2. The lowest BCUT2D eigenvalue weighted by atomic mass is 10.1. The molecular formula is C18H16ClNO3S2. The Morgan fingerprint density at radius 3 is 2.28 bits per heavy atom. The first-order valence-electron chi connectivity index (χ1n) is 7.51. The number of hydrogen-bond donors (Lipinski definition) is 0. The van der Waals surface area contributed by atoms with Gasteiger partial charge in [0.05, 0.1) is 5.69 Å². The number of ether oxygens (including phenoxy) is 1. The van der Waals surface area contributed by atoms with Crippen LogP contribution in [0.5, 0.6) is 11.5 Å². The third-order valence-corrected chi connectivity index (χ3v) is 7.02. The molecule has 7 heteroatoms. The minimum Gasteiger partial charge on any atom is -0.457 e. The Kier molecular flexibility index (Phi) is 4.86. The topological polar surface area (TPSA) is 56.3 Å². The van der Waals surface area contributed by atoms with E-state index < -0.39 is 9.05 Å². The van der Waals surface area contributed by atoms with Crippen LogP contribution in [0.3, 0.4) is 0 Å². The van der Waals surface area contributed by atoms with Gasteiger partial charge >= 0.3 is 0 Å². The van der Waals surface area contributed by atoms with E-state index in [4.69, 9.17) is 15.4 Å². The lowest BCUT2D eigenvalue weighted by Crippen LogP contribution is -1.88. The largest absolute Gasteiger partial charge is 0.457 e. The van der Waals surface area contributed by atoms with Gasteiger partial charge in [0.1, 0.15) is 16.5 Å². The van der Waals surface area contributed by atoms with Crippen LogP contribution < -0.4 is 4.74 Å². The van der Waals surface area contributed by atoms with Crippen LogP contribution in [0.15, 0.2) is 46.7 Å². The van der Waals surface area contributed by atoms with Gasteiger partial charge in [-0.15, -0.1) is 11.3 Å². The molecule has 3 aromatic rings. The normalized spacial score (nSPS) is 11.5. The molecule has 0 N–H and O–H groups in total. The smallest absolute Gasteiger partial charge is 0.272 e. The van der Waals surface area contributed by atoms with Gasteiger partial charge in [0, 0.05) is 16.2 Å². The zero-order valence-electron chi connectivity index (χ0n) is 13.9. The molecule has 0 spiro atoms. The summed E-state index contributed by atoms with van der Waals surface area (Å²) in [4.78, 5) is 4.30. The minimum atomic E-state index is -3.77. The summed E-state index contributed by atoms with van der Waals surface area (Å²) in [6.07, 6.45) is 0. The lowest BCUT2D eigenvalue weighted by molar-refractivity contribution is 0.479. The molecule has 0 saturated heterocycles. The molecule has 0 amide bonds. The van der Waals surface area contributed by atoms with Crippen molar-refractivity contribution in [3.63, 3.8) is 0 Å². The van der Waals surface area contributed by atoms with E-state index in [2.05, 4.69) is 11.1 Å². The van der Waals surface area contributed by atoms with E-state index in [-0.39, 0.29) is 4.21 Å². The van der Waals surface area contributed by atoms with Crippen molar-refractivity contribution in [2.75, 3.05) is 0 Å². The van der Waals surface area contributed by atoms with Crippen LogP contribution in [0.25, 0.3) is 10.6 Å². The summed E-state index contributed by atoms with van der Waals surface area (Å²) < 4.78 is 29.0. The molecule has 0 atom stereocenters. The fourth-order valence-electron chi connectivity index (χ4n) is 2.44. The number of halogens is 1. The molecule has 0 aliphatic carbocycles. The Morgan fingerprint density at radius 2 is 1.72 bits per heavy atom. The zero-order chi connectivity index (χ0) is 18.2. The third-order valence-electron chi connectivity index (χ3n) is 3.63. The molecule has 4 nitrogen and oxygen atoms in total. The number of thiazole rings is 1. The van der Waals surface area contributed by atoms with E-state index in [9.17, 15) is 8.42 Å². The first-order valence-corrected chi connectivity index (χ1v) is 10.6. The molecule has 25 heavy (non-hydrogen) atoms. The summed E-state index contributed by atoms with van der Waals surface area (Å²) >= 11 is 1.06. The Morgan fingerprint density at radius 1 is 1.04 bits per heavy atom. The van der Waals surface area contributed by atoms with Crippen molar-refractivity contribution in [2.24, 2.45) is 0 Å². The van der Waals surface area contributed by atoms with Crippen molar-refractivity contribution in [2.45, 2.75) is 25.0 Å². The predicted octanol–water partition coefficient (Wildman–Crippen LogP) is 5.46. The highest BCUT2D eigenvalue weighted by Crippen LogP contribution is 2.34. The number of aromatic nitrogens is 1. The molecule has 0 saturated carbocycles. The SMILES string of the molecule is Cc1ccc(Oc2ccc(-c3nc(C)c(S(=O)(=O)Cl)s3)cc2)c(C)c1. The standard InChI is InChI=1S/C18H16ClNO3S2/c1-11-4-9-16(12(2)10-11)23-15-7-5-14(6-8-15)17-20-13(3)18(24-17)25(19,21)22/h4-10H,1-3H3. The maximum atomic E-state index is 11.5. The number of aryl methyl sites for hydroxylation is 3. The second-order valence-corrected chi connectivity index (χ2v) is 9.49. The van der Waals surface area contributed by atoms with E-state index in [1.54, 1.807) is 6.92 Å². The number of nitrogens with zero attached hydrogens (tertiary/aromatic N) is 1. The predicted molar refractivity (Wildman–Crippen MR) is 101 cm³/mol. The van der Waals surface area contributed by atoms with Gasteiger partial charge in [-0.2, -0.15) is 0 Å². The average Bonchev–Trinajstić information content (AvgIpc) is 2.93. The molecule has 0 fully saturated rings. The monoisotopic (exact) mass is 393 g/mol. The summed E-state index contributed by atoms with van der Waals surface area (Å²) in [6.45, 7) is 5.67. The van der Waals surface area contributed by atoms with Crippen molar-refractivity contribution < 1.29 is 13.2 Å². The second-order valence-electron chi connectivity index (χ2n) is 5.73. The van der Waals surface area contributed by atoms with E-state index in [1.807, 2.05) is 50.2 Å². The molecule has 0 bridgehead atoms. The molecule has 0 aliphatic heterocycles. The molecule has 2 aromatic carbocycles. The van der Waals surface area contributed by atoms with Gasteiger partial charge in [0.2, 0.25) is 0 Å². The molecule has 1 heterocycles. The fourth-order valence-corrected chi connectivity index (χ4v) is 4.90. The summed E-state index contributed by atoms with van der Waals surface area (Å²) in [6, 6.07) is 13.4. The van der Waals surface area contributed by atoms with Crippen LogP contribution in [-0.4, -0.2) is 13.4 Å². The fraction of sp³-hybridized carbons (Fsp3) is 0.167. The highest BCUT2D eigenvalue weighted by Gasteiger charge is 2.19. The Labute approximate surface area is 155 Å². The van der Waals surface area contributed by atoms with Crippen molar-refractivity contribution in [3.8, 4) is 22.1 Å². The van der Waals surface area contributed by atoms with E-state index in [0.29, 0.717) is 16.5 Å². The second kappa shape index (κ2) is 6.78. The van der Waals surface area contributed by atoms with Crippen LogP contribution in [-0.2, 0) is 9.05 Å². The average molecular weight is 394 g/mol. The van der Waals surface area contributed by atoms with Crippen LogP contribution in [0, 0.1) is 20.8 Å². The summed E-state index contributed by atoms with van der Waals surface area (Å²) in [5.74, 6) is 1.51. The van der Waals surface area contributed by atoms with Gasteiger partial charge in [0.15, 0.2) is 4.21 Å². The Hall–Kier alpha value is -1.89. The first-order chi connectivity index (χ1) is 11.7. The maximum absolute atomic E-state index is 11.5. The van der Waals surface area contributed by atoms with E-state index in [0.717, 1.165) is 28.2 Å². The molecule has 1 aromatic heterocycles. The van der Waals surface area contributed by atoms with E-state index >= 15 is 0 Å². The van der Waals surface area contributed by atoms with Crippen molar-refractivity contribution in [1.82, 2.24) is 4.98 Å². The molecule has 0 unspecified atom stereocenters. The van der Waals surface area contributed by atoms with Crippen LogP contribution in [0.4, 0.5) is 0 Å². The molecule has 0 radical (unpaired) electrons. The zero-order valence-corrected chi connectivity index (χ0v) is 16.3. The van der Waals surface area contributed by atoms with Gasteiger partial charge in [-0.3, -0.25) is 0 Å². The van der Waals surface area contributed by atoms with Crippen LogP contribution in [0.1, 0.15) is 16.8 Å². The summed E-state index contributed by atoms with van der Waals surface area (Å²) in [5.41, 5.74) is 3.47. The van der Waals surface area contributed by atoms with Gasteiger partial charge in [0.25, 0.3) is 9.05 Å². The Balaban J connectivity index is 1.85. The molecule has 3 rings (SSSR count). The van der Waals surface area contributed by atoms with Crippen molar-refractivity contribution in [1.29, 1.82) is 0 Å². The highest BCUT2D eigenvalue weighted by molar-refractivity contribution is 8.15. The van der Waals surface area contributed by atoms with Gasteiger partial charge < -0.3 is 4.74 Å². The Bertz CT molecular complexity index is 1020.